The molecule has 0 aliphatic rings. The van der Waals surface area contributed by atoms with Crippen LogP contribution in [0.15, 0.2) is 79.1 Å². The number of amides is 3. The first-order valence-electron chi connectivity index (χ1n) is 11.0. The molecule has 6 nitrogen and oxygen atoms in total. The number of halogens is 1. The molecule has 3 N–H and O–H groups in total. The van der Waals surface area contributed by atoms with Gasteiger partial charge in [-0.25, -0.2) is 9.18 Å². The lowest BCUT2D eigenvalue weighted by molar-refractivity contribution is -0.123. The number of hydrogen-bond donors (Lipinski definition) is 3. The Kier molecular flexibility index (Phi) is 8.52. The Morgan fingerprint density at radius 2 is 1.61 bits per heavy atom. The van der Waals surface area contributed by atoms with E-state index in [1.165, 1.54) is 6.07 Å². The summed E-state index contributed by atoms with van der Waals surface area (Å²) in [5.41, 5.74) is 2.08. The van der Waals surface area contributed by atoms with E-state index < -0.39 is 11.9 Å². The second-order valence-corrected chi connectivity index (χ2v) is 8.10. The molecule has 3 aromatic rings. The molecule has 0 bridgehead atoms. The summed E-state index contributed by atoms with van der Waals surface area (Å²) >= 11 is 0. The number of nitrogens with zero attached hydrogens (tertiary/aromatic N) is 1. The van der Waals surface area contributed by atoms with E-state index in [1.807, 2.05) is 50.2 Å². The minimum atomic E-state index is -0.560. The normalized spacial score (nSPS) is 12.6. The van der Waals surface area contributed by atoms with Gasteiger partial charge in [0, 0.05) is 43.0 Å². The zero-order chi connectivity index (χ0) is 23.6. The predicted octanol–water partition coefficient (Wildman–Crippen LogP) is 4.11. The van der Waals surface area contributed by atoms with Crippen LogP contribution in [0.2, 0.25) is 0 Å². The number of urea groups is 1. The number of benzene rings is 2. The van der Waals surface area contributed by atoms with Crippen molar-refractivity contribution in [2.24, 2.45) is 0 Å². The van der Waals surface area contributed by atoms with Crippen LogP contribution in [-0.2, 0) is 11.3 Å². The fourth-order valence-corrected chi connectivity index (χ4v) is 3.71. The molecule has 0 radical (unpaired) electrons. The fourth-order valence-electron chi connectivity index (χ4n) is 3.71. The van der Waals surface area contributed by atoms with Gasteiger partial charge in [-0.15, -0.1) is 0 Å². The van der Waals surface area contributed by atoms with Crippen LogP contribution in [0.4, 0.5) is 9.18 Å². The third-order valence-corrected chi connectivity index (χ3v) is 5.27. The molecular weight excluding hydrogens is 419 g/mol. The van der Waals surface area contributed by atoms with Gasteiger partial charge in [-0.3, -0.25) is 9.78 Å². The Labute approximate surface area is 193 Å². The summed E-state index contributed by atoms with van der Waals surface area (Å²) in [7, 11) is 0. The summed E-state index contributed by atoms with van der Waals surface area (Å²) in [6.07, 6.45) is 3.34. The van der Waals surface area contributed by atoms with Gasteiger partial charge in [-0.05, 0) is 37.1 Å². The number of pyridine rings is 1. The molecule has 0 saturated carbocycles. The molecule has 7 heteroatoms. The molecular formula is C26H29FN4O2. The molecule has 2 unspecified atom stereocenters. The van der Waals surface area contributed by atoms with Crippen molar-refractivity contribution in [1.29, 1.82) is 0 Å². The summed E-state index contributed by atoms with van der Waals surface area (Å²) in [6.45, 7) is 4.08. The first-order valence-corrected chi connectivity index (χ1v) is 11.0. The van der Waals surface area contributed by atoms with Crippen molar-refractivity contribution in [1.82, 2.24) is 20.9 Å². The Bertz CT molecular complexity index is 1040. The average Bonchev–Trinajstić information content (AvgIpc) is 2.81. The number of hydrogen-bond acceptors (Lipinski definition) is 3. The molecule has 2 atom stereocenters. The molecule has 0 aliphatic heterocycles. The number of rotatable bonds is 9. The van der Waals surface area contributed by atoms with E-state index >= 15 is 0 Å². The van der Waals surface area contributed by atoms with Crippen molar-refractivity contribution in [2.45, 2.75) is 38.3 Å². The zero-order valence-electron chi connectivity index (χ0n) is 18.8. The summed E-state index contributed by atoms with van der Waals surface area (Å²) in [4.78, 5) is 30.0. The van der Waals surface area contributed by atoms with E-state index in [0.29, 0.717) is 5.56 Å². The average molecular weight is 449 g/mol. The van der Waals surface area contributed by atoms with Crippen molar-refractivity contribution in [2.75, 3.05) is 6.54 Å². The molecule has 1 heterocycles. The Morgan fingerprint density at radius 1 is 0.909 bits per heavy atom. The molecule has 3 amide bonds. The highest BCUT2D eigenvalue weighted by Gasteiger charge is 2.32. The quantitative estimate of drug-likeness (QED) is 0.461. The Morgan fingerprint density at radius 3 is 2.27 bits per heavy atom. The first-order chi connectivity index (χ1) is 16.0. The van der Waals surface area contributed by atoms with E-state index in [0.717, 1.165) is 11.1 Å². The smallest absolute Gasteiger partial charge is 0.315 e. The number of nitrogens with one attached hydrogen (secondary N) is 3. The monoisotopic (exact) mass is 448 g/mol. The van der Waals surface area contributed by atoms with Gasteiger partial charge < -0.3 is 16.0 Å². The largest absolute Gasteiger partial charge is 0.353 e. The lowest BCUT2D eigenvalue weighted by Crippen LogP contribution is -2.42. The van der Waals surface area contributed by atoms with E-state index in [9.17, 15) is 14.0 Å². The number of carbonyl (C=O) groups excluding carboxylic acids is 2. The van der Waals surface area contributed by atoms with Crippen LogP contribution < -0.4 is 16.0 Å². The fraction of sp³-hybridized carbons (Fsp3) is 0.269. The summed E-state index contributed by atoms with van der Waals surface area (Å²) in [6, 6.07) is 19.1. The van der Waals surface area contributed by atoms with Crippen molar-refractivity contribution in [3.05, 3.63) is 102 Å². The van der Waals surface area contributed by atoms with Crippen molar-refractivity contribution in [3.63, 3.8) is 0 Å². The van der Waals surface area contributed by atoms with Gasteiger partial charge in [-0.1, -0.05) is 54.6 Å². The van der Waals surface area contributed by atoms with Gasteiger partial charge >= 0.3 is 6.03 Å². The molecule has 2 aromatic carbocycles. The molecule has 0 fully saturated rings. The lowest BCUT2D eigenvalue weighted by Gasteiger charge is -2.28. The van der Waals surface area contributed by atoms with Crippen LogP contribution in [0.5, 0.6) is 0 Å². The molecule has 33 heavy (non-hydrogen) atoms. The highest BCUT2D eigenvalue weighted by atomic mass is 19.1. The minimum absolute atomic E-state index is 0.0369. The highest BCUT2D eigenvalue weighted by Crippen LogP contribution is 2.33. The van der Waals surface area contributed by atoms with Crippen molar-refractivity contribution in [3.8, 4) is 0 Å². The summed E-state index contributed by atoms with van der Waals surface area (Å²) < 4.78 is 13.8. The second-order valence-electron chi connectivity index (χ2n) is 8.10. The van der Waals surface area contributed by atoms with Crippen LogP contribution in [0.3, 0.4) is 0 Å². The van der Waals surface area contributed by atoms with Gasteiger partial charge in [0.2, 0.25) is 5.91 Å². The second kappa shape index (κ2) is 11.8. The number of carbonyl (C=O) groups is 2. The maximum atomic E-state index is 13.8. The summed E-state index contributed by atoms with van der Waals surface area (Å²) in [5, 5.41) is 8.54. The van der Waals surface area contributed by atoms with Gasteiger partial charge in [-0.2, -0.15) is 0 Å². The third-order valence-electron chi connectivity index (χ3n) is 5.27. The lowest BCUT2D eigenvalue weighted by atomic mass is 9.81. The predicted molar refractivity (Wildman–Crippen MR) is 126 cm³/mol. The Balaban J connectivity index is 1.80. The molecule has 0 aliphatic carbocycles. The standard InChI is InChI=1S/C26H29FN4O2/c1-18(2)31-25(32)24(21-12-8-14-28-15-21)22(19-9-4-3-5-10-19)17-30-26(33)29-16-20-11-6-7-13-23(20)27/h3-15,18,22,24H,16-17H2,1-2H3,(H,31,32)(H2,29,30,33). The summed E-state index contributed by atoms with van der Waals surface area (Å²) in [5.74, 6) is -1.41. The van der Waals surface area contributed by atoms with Crippen molar-refractivity contribution >= 4 is 11.9 Å². The molecule has 0 spiro atoms. The molecule has 0 saturated heterocycles. The molecule has 1 aromatic heterocycles. The van der Waals surface area contributed by atoms with Gasteiger partial charge in [0.15, 0.2) is 0 Å². The van der Waals surface area contributed by atoms with E-state index in [-0.39, 0.29) is 36.8 Å². The molecule has 172 valence electrons. The third kappa shape index (κ3) is 6.87. The minimum Gasteiger partial charge on any atom is -0.353 e. The van der Waals surface area contributed by atoms with Gasteiger partial charge in [0.25, 0.3) is 0 Å². The zero-order valence-corrected chi connectivity index (χ0v) is 18.8. The van der Waals surface area contributed by atoms with Crippen LogP contribution >= 0.6 is 0 Å². The highest BCUT2D eigenvalue weighted by molar-refractivity contribution is 5.85. The SMILES string of the molecule is CC(C)NC(=O)C(c1cccnc1)C(CNC(=O)NCc1ccccc1F)c1ccccc1. The van der Waals surface area contributed by atoms with Gasteiger partial charge in [0.05, 0.1) is 5.92 Å². The maximum Gasteiger partial charge on any atom is 0.315 e. The first kappa shape index (κ1) is 23.9. The maximum absolute atomic E-state index is 13.8. The van der Waals surface area contributed by atoms with Crippen LogP contribution in [0.25, 0.3) is 0 Å². The Hall–Kier alpha value is -3.74. The van der Waals surface area contributed by atoms with Crippen molar-refractivity contribution < 1.29 is 14.0 Å². The van der Waals surface area contributed by atoms with E-state index in [4.69, 9.17) is 0 Å². The van der Waals surface area contributed by atoms with E-state index in [1.54, 1.807) is 36.7 Å². The topological polar surface area (TPSA) is 83.1 Å². The number of aromatic nitrogens is 1. The van der Waals surface area contributed by atoms with Crippen LogP contribution in [0, 0.1) is 5.82 Å². The molecule has 3 rings (SSSR count). The van der Waals surface area contributed by atoms with Crippen LogP contribution in [0.1, 0.15) is 42.4 Å². The van der Waals surface area contributed by atoms with E-state index in [2.05, 4.69) is 20.9 Å². The van der Waals surface area contributed by atoms with Gasteiger partial charge in [0.1, 0.15) is 5.82 Å². The van der Waals surface area contributed by atoms with Crippen LogP contribution in [-0.4, -0.2) is 29.5 Å².